The second-order valence-corrected chi connectivity index (χ2v) is 6.71. The smallest absolute Gasteiger partial charge is 0.152 e. The molecule has 0 spiro atoms. The first-order chi connectivity index (χ1) is 9.28. The van der Waals surface area contributed by atoms with Gasteiger partial charge in [-0.05, 0) is 42.5 Å². The average Bonchev–Trinajstić information content (AvgIpc) is 3.13. The van der Waals surface area contributed by atoms with Gasteiger partial charge in [-0.15, -0.1) is 11.3 Å². The molecule has 1 aliphatic rings. The predicted octanol–water partition coefficient (Wildman–Crippen LogP) is 4.49. The fraction of sp³-hybridized carbons (Fsp3) is 0.267. The number of hydrogen-bond donors (Lipinski definition) is 0. The van der Waals surface area contributed by atoms with E-state index in [0.717, 1.165) is 28.6 Å². The van der Waals surface area contributed by atoms with E-state index in [1.54, 1.807) is 11.3 Å². The van der Waals surface area contributed by atoms with Crippen LogP contribution in [0.3, 0.4) is 0 Å². The largest absolute Gasteiger partial charge is 0.363 e. The molecular formula is C15H14BrNOS. The van der Waals surface area contributed by atoms with E-state index < -0.39 is 0 Å². The summed E-state index contributed by atoms with van der Waals surface area (Å²) in [6.07, 6.45) is 3.39. The standard InChI is InChI=1S/C15H14BrNOS/c16-12-3-6-15(11(8-12)10-18)17(13-4-5-13)9-14-2-1-7-19-14/h1-3,6-8,10,13H,4-5,9H2. The molecule has 0 atom stereocenters. The minimum atomic E-state index is 0.585. The maximum Gasteiger partial charge on any atom is 0.152 e. The number of anilines is 1. The van der Waals surface area contributed by atoms with Gasteiger partial charge >= 0.3 is 0 Å². The van der Waals surface area contributed by atoms with E-state index in [-0.39, 0.29) is 0 Å². The van der Waals surface area contributed by atoms with Gasteiger partial charge in [0.15, 0.2) is 6.29 Å². The second kappa shape index (κ2) is 5.47. The van der Waals surface area contributed by atoms with Crippen LogP contribution in [-0.4, -0.2) is 12.3 Å². The number of nitrogens with zero attached hydrogens (tertiary/aromatic N) is 1. The van der Waals surface area contributed by atoms with Gasteiger partial charge in [-0.2, -0.15) is 0 Å². The molecule has 0 radical (unpaired) electrons. The summed E-state index contributed by atoms with van der Waals surface area (Å²) in [4.78, 5) is 15.0. The summed E-state index contributed by atoms with van der Waals surface area (Å²) in [6, 6.07) is 10.8. The quantitative estimate of drug-likeness (QED) is 0.750. The summed E-state index contributed by atoms with van der Waals surface area (Å²) in [7, 11) is 0. The van der Waals surface area contributed by atoms with Gasteiger partial charge in [0.05, 0.1) is 6.54 Å². The molecule has 0 aliphatic heterocycles. The lowest BCUT2D eigenvalue weighted by molar-refractivity contribution is 0.112. The van der Waals surface area contributed by atoms with Crippen LogP contribution < -0.4 is 4.90 Å². The fourth-order valence-corrected chi connectivity index (χ4v) is 3.33. The lowest BCUT2D eigenvalue weighted by atomic mass is 10.1. The highest BCUT2D eigenvalue weighted by Crippen LogP contribution is 2.36. The first-order valence-electron chi connectivity index (χ1n) is 6.31. The lowest BCUT2D eigenvalue weighted by Gasteiger charge is -2.25. The highest BCUT2D eigenvalue weighted by Gasteiger charge is 2.30. The van der Waals surface area contributed by atoms with E-state index in [1.807, 2.05) is 18.2 Å². The Kier molecular flexibility index (Phi) is 3.71. The van der Waals surface area contributed by atoms with Gasteiger partial charge < -0.3 is 4.90 Å². The van der Waals surface area contributed by atoms with Crippen molar-refractivity contribution in [3.8, 4) is 0 Å². The van der Waals surface area contributed by atoms with Crippen molar-refractivity contribution in [1.29, 1.82) is 0 Å². The molecule has 0 saturated heterocycles. The third kappa shape index (κ3) is 2.90. The predicted molar refractivity (Wildman–Crippen MR) is 83.1 cm³/mol. The van der Waals surface area contributed by atoms with Crippen LogP contribution in [0.15, 0.2) is 40.2 Å². The maximum atomic E-state index is 11.3. The van der Waals surface area contributed by atoms with Gasteiger partial charge in [-0.25, -0.2) is 0 Å². The van der Waals surface area contributed by atoms with Crippen LogP contribution in [0.1, 0.15) is 28.1 Å². The number of thiophene rings is 1. The van der Waals surface area contributed by atoms with Crippen LogP contribution in [0.5, 0.6) is 0 Å². The Balaban J connectivity index is 1.93. The monoisotopic (exact) mass is 335 g/mol. The number of aldehydes is 1. The molecule has 98 valence electrons. The number of hydrogen-bond acceptors (Lipinski definition) is 3. The summed E-state index contributed by atoms with van der Waals surface area (Å²) >= 11 is 5.19. The number of benzene rings is 1. The summed E-state index contributed by atoms with van der Waals surface area (Å²) in [5.74, 6) is 0. The van der Waals surface area contributed by atoms with E-state index in [0.29, 0.717) is 6.04 Å². The molecule has 19 heavy (non-hydrogen) atoms. The Hall–Kier alpha value is -1.13. The van der Waals surface area contributed by atoms with Crippen molar-refractivity contribution in [1.82, 2.24) is 0 Å². The highest BCUT2D eigenvalue weighted by atomic mass is 79.9. The van der Waals surface area contributed by atoms with Crippen molar-refractivity contribution in [3.05, 3.63) is 50.6 Å². The first-order valence-corrected chi connectivity index (χ1v) is 7.99. The molecule has 3 rings (SSSR count). The second-order valence-electron chi connectivity index (χ2n) is 4.76. The molecule has 1 aliphatic carbocycles. The molecule has 1 heterocycles. The summed E-state index contributed by atoms with van der Waals surface area (Å²) in [6.45, 7) is 0.894. The van der Waals surface area contributed by atoms with Crippen LogP contribution in [0.2, 0.25) is 0 Å². The van der Waals surface area contributed by atoms with Crippen molar-refractivity contribution >= 4 is 39.2 Å². The van der Waals surface area contributed by atoms with Gasteiger partial charge in [0.1, 0.15) is 0 Å². The summed E-state index contributed by atoms with van der Waals surface area (Å²) in [5.41, 5.74) is 1.81. The van der Waals surface area contributed by atoms with Crippen molar-refractivity contribution in [2.45, 2.75) is 25.4 Å². The molecule has 1 saturated carbocycles. The molecule has 1 fully saturated rings. The van der Waals surface area contributed by atoms with Crippen molar-refractivity contribution in [2.75, 3.05) is 4.90 Å². The van der Waals surface area contributed by atoms with E-state index in [9.17, 15) is 4.79 Å². The van der Waals surface area contributed by atoms with E-state index in [4.69, 9.17) is 0 Å². The van der Waals surface area contributed by atoms with Crippen molar-refractivity contribution in [3.63, 3.8) is 0 Å². The average molecular weight is 336 g/mol. The number of carbonyl (C=O) groups excluding carboxylic acids is 1. The highest BCUT2D eigenvalue weighted by molar-refractivity contribution is 9.10. The zero-order valence-corrected chi connectivity index (χ0v) is 12.8. The first kappa shape index (κ1) is 12.9. The van der Waals surface area contributed by atoms with Crippen LogP contribution in [0, 0.1) is 0 Å². The van der Waals surface area contributed by atoms with Gasteiger partial charge in [0, 0.05) is 26.6 Å². The zero-order chi connectivity index (χ0) is 13.2. The van der Waals surface area contributed by atoms with Crippen LogP contribution in [-0.2, 0) is 6.54 Å². The van der Waals surface area contributed by atoms with Gasteiger partial charge in [-0.3, -0.25) is 4.79 Å². The van der Waals surface area contributed by atoms with Gasteiger partial charge in [0.25, 0.3) is 0 Å². The Morgan fingerprint density at radius 2 is 2.21 bits per heavy atom. The molecule has 0 unspecified atom stereocenters. The molecule has 4 heteroatoms. The molecule has 1 aromatic heterocycles. The molecule has 0 amide bonds. The van der Waals surface area contributed by atoms with E-state index >= 15 is 0 Å². The Labute approximate surface area is 125 Å². The third-order valence-corrected chi connectivity index (χ3v) is 4.67. The van der Waals surface area contributed by atoms with Gasteiger partial charge in [-0.1, -0.05) is 22.0 Å². The number of halogens is 1. The van der Waals surface area contributed by atoms with E-state index in [2.05, 4.69) is 38.3 Å². The fourth-order valence-electron chi connectivity index (χ4n) is 2.25. The topological polar surface area (TPSA) is 20.3 Å². The van der Waals surface area contributed by atoms with Crippen LogP contribution in [0.25, 0.3) is 0 Å². The minimum Gasteiger partial charge on any atom is -0.363 e. The SMILES string of the molecule is O=Cc1cc(Br)ccc1N(Cc1cccs1)C1CC1. The van der Waals surface area contributed by atoms with E-state index in [1.165, 1.54) is 17.7 Å². The zero-order valence-electron chi connectivity index (χ0n) is 10.4. The van der Waals surface area contributed by atoms with Crippen LogP contribution in [0.4, 0.5) is 5.69 Å². The lowest BCUT2D eigenvalue weighted by Crippen LogP contribution is -2.25. The minimum absolute atomic E-state index is 0.585. The maximum absolute atomic E-state index is 11.3. The van der Waals surface area contributed by atoms with Gasteiger partial charge in [0.2, 0.25) is 0 Å². The number of carbonyl (C=O) groups is 1. The Morgan fingerprint density at radius 1 is 1.37 bits per heavy atom. The molecule has 0 N–H and O–H groups in total. The normalized spacial score (nSPS) is 14.4. The molecular weight excluding hydrogens is 322 g/mol. The number of rotatable bonds is 5. The molecule has 1 aromatic carbocycles. The molecule has 0 bridgehead atoms. The Morgan fingerprint density at radius 3 is 2.84 bits per heavy atom. The Bertz CT molecular complexity index is 578. The van der Waals surface area contributed by atoms with Crippen molar-refractivity contribution < 1.29 is 4.79 Å². The van der Waals surface area contributed by atoms with Crippen LogP contribution >= 0.6 is 27.3 Å². The molecule has 2 nitrogen and oxygen atoms in total. The van der Waals surface area contributed by atoms with Crippen molar-refractivity contribution in [2.24, 2.45) is 0 Å². The molecule has 2 aromatic rings. The summed E-state index contributed by atoms with van der Waals surface area (Å²) < 4.78 is 0.949. The summed E-state index contributed by atoms with van der Waals surface area (Å²) in [5, 5.41) is 2.10. The third-order valence-electron chi connectivity index (χ3n) is 3.32.